The van der Waals surface area contributed by atoms with Crippen LogP contribution in [0.4, 0.5) is 11.4 Å². The summed E-state index contributed by atoms with van der Waals surface area (Å²) in [5.74, 6) is 0.601. The second kappa shape index (κ2) is 6.73. The Bertz CT molecular complexity index is 725. The van der Waals surface area contributed by atoms with Crippen LogP contribution in [0.15, 0.2) is 36.4 Å². The Labute approximate surface area is 136 Å². The van der Waals surface area contributed by atoms with Gasteiger partial charge in [0.05, 0.1) is 24.9 Å². The summed E-state index contributed by atoms with van der Waals surface area (Å²) in [4.78, 5) is 12.3. The molecule has 0 spiro atoms. The molecule has 4 nitrogen and oxygen atoms in total. The number of aryl methyl sites for hydroxylation is 2. The van der Waals surface area contributed by atoms with Crippen molar-refractivity contribution in [2.75, 3.05) is 18.2 Å². The predicted octanol–water partition coefficient (Wildman–Crippen LogP) is 3.34. The standard InChI is InChI=1S/C19H22N2O2/c1-23-16-8-9-17(20)18(12-16)21-19(22)11-13-6-7-14-4-2-3-5-15(14)10-13/h6-10,12H,2-5,11,20H2,1H3,(H,21,22). The van der Waals surface area contributed by atoms with Gasteiger partial charge in [0.1, 0.15) is 5.75 Å². The third-order valence-corrected chi connectivity index (χ3v) is 4.31. The summed E-state index contributed by atoms with van der Waals surface area (Å²) in [6.45, 7) is 0. The van der Waals surface area contributed by atoms with Crippen LogP contribution in [0.2, 0.25) is 0 Å². The number of methoxy groups -OCH3 is 1. The molecule has 0 bridgehead atoms. The van der Waals surface area contributed by atoms with Crippen molar-refractivity contribution in [3.8, 4) is 5.75 Å². The molecule has 120 valence electrons. The number of ether oxygens (including phenoxy) is 1. The van der Waals surface area contributed by atoms with E-state index in [1.807, 2.05) is 0 Å². The number of carbonyl (C=O) groups excluding carboxylic acids is 1. The quantitative estimate of drug-likeness (QED) is 0.851. The molecule has 4 heteroatoms. The first-order valence-corrected chi connectivity index (χ1v) is 8.00. The van der Waals surface area contributed by atoms with Crippen LogP contribution in [-0.2, 0) is 24.1 Å². The van der Waals surface area contributed by atoms with Crippen molar-refractivity contribution < 1.29 is 9.53 Å². The van der Waals surface area contributed by atoms with Gasteiger partial charge in [0.2, 0.25) is 5.91 Å². The smallest absolute Gasteiger partial charge is 0.228 e. The zero-order valence-electron chi connectivity index (χ0n) is 13.4. The molecule has 3 N–H and O–H groups in total. The van der Waals surface area contributed by atoms with E-state index in [2.05, 4.69) is 23.5 Å². The number of benzene rings is 2. The molecule has 3 rings (SSSR count). The van der Waals surface area contributed by atoms with Crippen LogP contribution in [0.3, 0.4) is 0 Å². The Balaban J connectivity index is 1.70. The highest BCUT2D eigenvalue weighted by molar-refractivity contribution is 5.95. The normalized spacial score (nSPS) is 13.3. The molecule has 0 fully saturated rings. The lowest BCUT2D eigenvalue weighted by Gasteiger charge is -2.16. The first kappa shape index (κ1) is 15.4. The van der Waals surface area contributed by atoms with Crippen LogP contribution in [-0.4, -0.2) is 13.0 Å². The molecule has 0 aliphatic heterocycles. The van der Waals surface area contributed by atoms with Gasteiger partial charge in [-0.15, -0.1) is 0 Å². The number of nitrogens with two attached hydrogens (primary N) is 1. The van der Waals surface area contributed by atoms with Gasteiger partial charge >= 0.3 is 0 Å². The van der Waals surface area contributed by atoms with Gasteiger partial charge in [-0.25, -0.2) is 0 Å². The molecule has 1 aliphatic carbocycles. The summed E-state index contributed by atoms with van der Waals surface area (Å²) in [6.07, 6.45) is 5.13. The Morgan fingerprint density at radius 3 is 2.70 bits per heavy atom. The van der Waals surface area contributed by atoms with Crippen LogP contribution in [0, 0.1) is 0 Å². The summed E-state index contributed by atoms with van der Waals surface area (Å²) < 4.78 is 5.17. The first-order valence-electron chi connectivity index (χ1n) is 8.00. The Morgan fingerprint density at radius 2 is 1.91 bits per heavy atom. The number of amides is 1. The summed E-state index contributed by atoms with van der Waals surface area (Å²) in [5.41, 5.74) is 10.9. The molecular weight excluding hydrogens is 288 g/mol. The molecule has 2 aromatic carbocycles. The highest BCUT2D eigenvalue weighted by Crippen LogP contribution is 2.25. The summed E-state index contributed by atoms with van der Waals surface area (Å²) in [7, 11) is 1.59. The van der Waals surface area contributed by atoms with Crippen LogP contribution in [0.5, 0.6) is 5.75 Å². The van der Waals surface area contributed by atoms with Crippen molar-refractivity contribution in [1.29, 1.82) is 0 Å². The lowest BCUT2D eigenvalue weighted by atomic mass is 9.90. The van der Waals surface area contributed by atoms with Gasteiger partial charge < -0.3 is 15.8 Å². The molecule has 2 aromatic rings. The summed E-state index contributed by atoms with van der Waals surface area (Å²) in [5, 5.41) is 2.87. The van der Waals surface area contributed by atoms with E-state index in [0.29, 0.717) is 23.5 Å². The average Bonchev–Trinajstić information content (AvgIpc) is 2.56. The molecule has 0 radical (unpaired) electrons. The maximum absolute atomic E-state index is 12.3. The molecule has 0 saturated heterocycles. The van der Waals surface area contributed by atoms with Crippen molar-refractivity contribution in [2.45, 2.75) is 32.1 Å². The number of hydrogen-bond donors (Lipinski definition) is 2. The molecular formula is C19H22N2O2. The number of fused-ring (bicyclic) bond motifs is 1. The number of hydrogen-bond acceptors (Lipinski definition) is 3. The van der Waals surface area contributed by atoms with Gasteiger partial charge in [-0.1, -0.05) is 18.2 Å². The van der Waals surface area contributed by atoms with E-state index < -0.39 is 0 Å². The SMILES string of the molecule is COc1ccc(N)c(NC(=O)Cc2ccc3c(c2)CCCC3)c1. The van der Waals surface area contributed by atoms with Gasteiger partial charge in [0, 0.05) is 6.07 Å². The van der Waals surface area contributed by atoms with Gasteiger partial charge in [0.15, 0.2) is 0 Å². The second-order valence-electron chi connectivity index (χ2n) is 5.99. The lowest BCUT2D eigenvalue weighted by molar-refractivity contribution is -0.115. The molecule has 1 amide bonds. The van der Waals surface area contributed by atoms with Crippen LogP contribution in [0.25, 0.3) is 0 Å². The second-order valence-corrected chi connectivity index (χ2v) is 5.99. The van der Waals surface area contributed by atoms with E-state index in [-0.39, 0.29) is 5.91 Å². The fraction of sp³-hybridized carbons (Fsp3) is 0.316. The van der Waals surface area contributed by atoms with Crippen LogP contribution < -0.4 is 15.8 Å². The van der Waals surface area contributed by atoms with Crippen molar-refractivity contribution in [3.05, 3.63) is 53.1 Å². The Hall–Kier alpha value is -2.49. The monoisotopic (exact) mass is 310 g/mol. The third kappa shape index (κ3) is 3.65. The predicted molar refractivity (Wildman–Crippen MR) is 92.8 cm³/mol. The van der Waals surface area contributed by atoms with E-state index in [4.69, 9.17) is 10.5 Å². The summed E-state index contributed by atoms with van der Waals surface area (Å²) >= 11 is 0. The van der Waals surface area contributed by atoms with E-state index in [1.54, 1.807) is 25.3 Å². The minimum absolute atomic E-state index is 0.0688. The van der Waals surface area contributed by atoms with Crippen LogP contribution in [0.1, 0.15) is 29.5 Å². The van der Waals surface area contributed by atoms with Crippen LogP contribution >= 0.6 is 0 Å². The van der Waals surface area contributed by atoms with E-state index >= 15 is 0 Å². The molecule has 0 heterocycles. The zero-order chi connectivity index (χ0) is 16.2. The molecule has 1 aliphatic rings. The van der Waals surface area contributed by atoms with Crippen molar-refractivity contribution >= 4 is 17.3 Å². The van der Waals surface area contributed by atoms with Gasteiger partial charge in [-0.05, 0) is 54.5 Å². The molecule has 0 saturated carbocycles. The fourth-order valence-electron chi connectivity index (χ4n) is 3.05. The largest absolute Gasteiger partial charge is 0.497 e. The number of nitrogens with one attached hydrogen (secondary N) is 1. The molecule has 0 aromatic heterocycles. The number of nitrogen functional groups attached to an aromatic ring is 1. The number of anilines is 2. The average molecular weight is 310 g/mol. The van der Waals surface area contributed by atoms with Gasteiger partial charge in [0.25, 0.3) is 0 Å². The van der Waals surface area contributed by atoms with E-state index in [9.17, 15) is 4.79 Å². The molecule has 23 heavy (non-hydrogen) atoms. The van der Waals surface area contributed by atoms with E-state index in [1.165, 1.54) is 24.0 Å². The maximum atomic E-state index is 12.3. The van der Waals surface area contributed by atoms with Gasteiger partial charge in [-0.3, -0.25) is 4.79 Å². The minimum Gasteiger partial charge on any atom is -0.497 e. The first-order chi connectivity index (χ1) is 11.2. The number of carbonyl (C=O) groups is 1. The van der Waals surface area contributed by atoms with Gasteiger partial charge in [-0.2, -0.15) is 0 Å². The van der Waals surface area contributed by atoms with E-state index in [0.717, 1.165) is 18.4 Å². The molecule has 0 atom stereocenters. The maximum Gasteiger partial charge on any atom is 0.228 e. The summed E-state index contributed by atoms with van der Waals surface area (Å²) in [6, 6.07) is 11.6. The highest BCUT2D eigenvalue weighted by Gasteiger charge is 2.12. The fourth-order valence-corrected chi connectivity index (χ4v) is 3.05. The van der Waals surface area contributed by atoms with Crippen molar-refractivity contribution in [3.63, 3.8) is 0 Å². The Morgan fingerprint density at radius 1 is 1.13 bits per heavy atom. The topological polar surface area (TPSA) is 64.3 Å². The highest BCUT2D eigenvalue weighted by atomic mass is 16.5. The zero-order valence-corrected chi connectivity index (χ0v) is 13.4. The Kier molecular flexibility index (Phi) is 4.51. The lowest BCUT2D eigenvalue weighted by Crippen LogP contribution is -2.16. The molecule has 0 unspecified atom stereocenters. The minimum atomic E-state index is -0.0688. The van der Waals surface area contributed by atoms with Crippen molar-refractivity contribution in [2.24, 2.45) is 0 Å². The third-order valence-electron chi connectivity index (χ3n) is 4.31. The van der Waals surface area contributed by atoms with Crippen molar-refractivity contribution in [1.82, 2.24) is 0 Å². The number of rotatable bonds is 4.